The van der Waals surface area contributed by atoms with Gasteiger partial charge in [-0.15, -0.1) is 0 Å². The Labute approximate surface area is 142 Å². The van der Waals surface area contributed by atoms with Crippen molar-refractivity contribution < 1.29 is 9.00 Å². The first-order valence-electron chi connectivity index (χ1n) is 7.57. The molecule has 1 heterocycles. The fourth-order valence-electron chi connectivity index (χ4n) is 2.34. The molecule has 0 radical (unpaired) electrons. The van der Waals surface area contributed by atoms with Crippen LogP contribution in [0.4, 0.5) is 5.69 Å². The highest BCUT2D eigenvalue weighted by Crippen LogP contribution is 2.20. The van der Waals surface area contributed by atoms with Crippen LogP contribution in [0.5, 0.6) is 0 Å². The van der Waals surface area contributed by atoms with Crippen molar-refractivity contribution in [2.45, 2.75) is 11.8 Å². The van der Waals surface area contributed by atoms with Crippen LogP contribution in [0.25, 0.3) is 11.4 Å². The molecule has 3 rings (SSSR count). The van der Waals surface area contributed by atoms with Crippen molar-refractivity contribution in [3.05, 3.63) is 66.5 Å². The van der Waals surface area contributed by atoms with E-state index in [2.05, 4.69) is 15.3 Å². The molecule has 0 spiro atoms. The Morgan fingerprint density at radius 1 is 1.17 bits per heavy atom. The Morgan fingerprint density at radius 3 is 2.58 bits per heavy atom. The van der Waals surface area contributed by atoms with Gasteiger partial charge in [0.2, 0.25) is 0 Å². The number of hydrogen-bond acceptors (Lipinski definition) is 3. The van der Waals surface area contributed by atoms with Crippen LogP contribution in [-0.4, -0.2) is 25.8 Å². The Balaban J connectivity index is 1.79. The number of anilines is 1. The molecule has 1 amide bonds. The van der Waals surface area contributed by atoms with Gasteiger partial charge in [-0.3, -0.25) is 9.00 Å². The second-order valence-corrected chi connectivity index (χ2v) is 6.81. The van der Waals surface area contributed by atoms with Gasteiger partial charge in [0.15, 0.2) is 0 Å². The van der Waals surface area contributed by atoms with Crippen LogP contribution >= 0.6 is 0 Å². The molecule has 0 saturated heterocycles. The minimum atomic E-state index is -1.18. The van der Waals surface area contributed by atoms with Crippen LogP contribution < -0.4 is 5.32 Å². The highest BCUT2D eigenvalue weighted by atomic mass is 32.2. The number of hydrogen-bond donors (Lipinski definition) is 2. The summed E-state index contributed by atoms with van der Waals surface area (Å²) in [5.41, 5.74) is 2.05. The van der Waals surface area contributed by atoms with E-state index in [-0.39, 0.29) is 5.91 Å². The molecule has 122 valence electrons. The Kier molecular flexibility index (Phi) is 4.86. The molecule has 0 unspecified atom stereocenters. The molecule has 0 saturated carbocycles. The quantitative estimate of drug-likeness (QED) is 0.747. The van der Waals surface area contributed by atoms with Crippen molar-refractivity contribution in [3.63, 3.8) is 0 Å². The molecular formula is C18H17N3O2S. The summed E-state index contributed by atoms with van der Waals surface area (Å²) in [6.07, 6.45) is 3.45. The highest BCUT2D eigenvalue weighted by molar-refractivity contribution is 7.85. The van der Waals surface area contributed by atoms with Crippen LogP contribution in [0, 0.1) is 0 Å². The molecule has 0 fully saturated rings. The second kappa shape index (κ2) is 7.23. The van der Waals surface area contributed by atoms with Crippen molar-refractivity contribution in [1.82, 2.24) is 9.97 Å². The summed E-state index contributed by atoms with van der Waals surface area (Å²) in [5, 5.41) is 2.85. The first-order valence-corrected chi connectivity index (χ1v) is 8.89. The van der Waals surface area contributed by atoms with Crippen LogP contribution in [0.3, 0.4) is 0 Å². The lowest BCUT2D eigenvalue weighted by Gasteiger charge is -2.09. The molecule has 0 aliphatic rings. The van der Waals surface area contributed by atoms with Gasteiger partial charge >= 0.3 is 0 Å². The third-order valence-corrected chi connectivity index (χ3v) is 4.92. The SMILES string of the molecule is CC[S@](=O)c1ccccc1C(=O)Nc1ccc(-c2ncc[nH]2)cc1. The van der Waals surface area contributed by atoms with Gasteiger partial charge in [-0.2, -0.15) is 0 Å². The van der Waals surface area contributed by atoms with Gasteiger partial charge in [0.1, 0.15) is 5.82 Å². The summed E-state index contributed by atoms with van der Waals surface area (Å²) < 4.78 is 12.1. The predicted molar refractivity (Wildman–Crippen MR) is 95.4 cm³/mol. The van der Waals surface area contributed by atoms with E-state index >= 15 is 0 Å². The summed E-state index contributed by atoms with van der Waals surface area (Å²) in [7, 11) is -1.18. The first-order chi connectivity index (χ1) is 11.7. The molecule has 5 nitrogen and oxygen atoms in total. The summed E-state index contributed by atoms with van der Waals surface area (Å²) >= 11 is 0. The fraction of sp³-hybridized carbons (Fsp3) is 0.111. The van der Waals surface area contributed by atoms with Gasteiger partial charge in [0.25, 0.3) is 5.91 Å². The van der Waals surface area contributed by atoms with E-state index in [1.165, 1.54) is 0 Å². The van der Waals surface area contributed by atoms with E-state index in [0.29, 0.717) is 21.9 Å². The monoisotopic (exact) mass is 339 g/mol. The molecule has 0 bridgehead atoms. The average Bonchev–Trinajstić information content (AvgIpc) is 3.16. The van der Waals surface area contributed by atoms with Gasteiger partial charge in [-0.05, 0) is 36.4 Å². The van der Waals surface area contributed by atoms with Crippen LogP contribution in [0.1, 0.15) is 17.3 Å². The average molecular weight is 339 g/mol. The zero-order valence-corrected chi connectivity index (χ0v) is 14.0. The normalized spacial score (nSPS) is 11.9. The van der Waals surface area contributed by atoms with Crippen LogP contribution in [0.15, 0.2) is 65.8 Å². The zero-order valence-electron chi connectivity index (χ0n) is 13.2. The number of nitrogens with one attached hydrogen (secondary N) is 2. The van der Waals surface area contributed by atoms with E-state index in [0.717, 1.165) is 11.4 Å². The first kappa shape index (κ1) is 16.1. The standard InChI is InChI=1S/C18H17N3O2S/c1-2-24(23)16-6-4-3-5-15(16)18(22)21-14-9-7-13(8-10-14)17-19-11-12-20-17/h3-12H,2H2,1H3,(H,19,20)(H,21,22)/t24-/m0/s1. The highest BCUT2D eigenvalue weighted by Gasteiger charge is 2.14. The van der Waals surface area contributed by atoms with E-state index < -0.39 is 10.8 Å². The lowest BCUT2D eigenvalue weighted by Crippen LogP contribution is -2.15. The topological polar surface area (TPSA) is 74.8 Å². The smallest absolute Gasteiger partial charge is 0.256 e. The maximum atomic E-state index is 12.5. The van der Waals surface area contributed by atoms with E-state index in [9.17, 15) is 9.00 Å². The van der Waals surface area contributed by atoms with E-state index in [4.69, 9.17) is 0 Å². The summed E-state index contributed by atoms with van der Waals surface area (Å²) in [5.74, 6) is 0.983. The molecule has 3 aromatic rings. The van der Waals surface area contributed by atoms with Gasteiger partial charge in [-0.1, -0.05) is 19.1 Å². The second-order valence-electron chi connectivity index (χ2n) is 5.10. The molecule has 2 aromatic carbocycles. The third-order valence-electron chi connectivity index (χ3n) is 3.55. The number of benzene rings is 2. The summed E-state index contributed by atoms with van der Waals surface area (Å²) in [6, 6.07) is 14.4. The number of aromatic nitrogens is 2. The Bertz CT molecular complexity index is 858. The van der Waals surface area contributed by atoms with E-state index in [1.54, 1.807) is 36.7 Å². The Hall–Kier alpha value is -2.73. The predicted octanol–water partition coefficient (Wildman–Crippen LogP) is 3.46. The van der Waals surface area contributed by atoms with Gasteiger partial charge in [-0.25, -0.2) is 4.98 Å². The van der Waals surface area contributed by atoms with Crippen LogP contribution in [0.2, 0.25) is 0 Å². The lowest BCUT2D eigenvalue weighted by molar-refractivity contribution is 0.102. The molecule has 0 aliphatic carbocycles. The number of carbonyl (C=O) groups excluding carboxylic acids is 1. The molecular weight excluding hydrogens is 322 g/mol. The minimum Gasteiger partial charge on any atom is -0.345 e. The molecule has 1 aromatic heterocycles. The maximum absolute atomic E-state index is 12.5. The number of rotatable bonds is 5. The molecule has 24 heavy (non-hydrogen) atoms. The van der Waals surface area contributed by atoms with Crippen molar-refractivity contribution in [2.24, 2.45) is 0 Å². The number of imidazole rings is 1. The minimum absolute atomic E-state index is 0.266. The van der Waals surface area contributed by atoms with Crippen LogP contribution in [-0.2, 0) is 10.8 Å². The van der Waals surface area contributed by atoms with Crippen molar-refractivity contribution in [2.75, 3.05) is 11.1 Å². The largest absolute Gasteiger partial charge is 0.345 e. The Morgan fingerprint density at radius 2 is 1.92 bits per heavy atom. The van der Waals surface area contributed by atoms with Gasteiger partial charge < -0.3 is 10.3 Å². The number of aromatic amines is 1. The molecule has 2 N–H and O–H groups in total. The number of nitrogens with zero attached hydrogens (tertiary/aromatic N) is 1. The van der Waals surface area contributed by atoms with Crippen molar-refractivity contribution in [1.29, 1.82) is 0 Å². The van der Waals surface area contributed by atoms with Gasteiger partial charge in [0.05, 0.1) is 21.3 Å². The maximum Gasteiger partial charge on any atom is 0.256 e. The van der Waals surface area contributed by atoms with Crippen molar-refractivity contribution >= 4 is 22.4 Å². The lowest BCUT2D eigenvalue weighted by atomic mass is 10.1. The fourth-order valence-corrected chi connectivity index (χ4v) is 3.29. The molecule has 6 heteroatoms. The summed E-state index contributed by atoms with van der Waals surface area (Å²) in [4.78, 5) is 20.3. The zero-order chi connectivity index (χ0) is 16.9. The number of H-pyrrole nitrogens is 1. The number of carbonyl (C=O) groups is 1. The van der Waals surface area contributed by atoms with Gasteiger partial charge in [0, 0.05) is 29.4 Å². The molecule has 1 atom stereocenters. The summed E-state index contributed by atoms with van der Waals surface area (Å²) in [6.45, 7) is 1.83. The third kappa shape index (κ3) is 3.44. The van der Waals surface area contributed by atoms with Crippen molar-refractivity contribution in [3.8, 4) is 11.4 Å². The molecule has 0 aliphatic heterocycles. The number of amides is 1. The van der Waals surface area contributed by atoms with E-state index in [1.807, 2.05) is 31.2 Å².